The fraction of sp³-hybridized carbons (Fsp3) is 0.375. The molecule has 0 radical (unpaired) electrons. The Morgan fingerprint density at radius 2 is 1.96 bits per heavy atom. The van der Waals surface area contributed by atoms with Gasteiger partial charge in [-0.05, 0) is 19.9 Å². The number of aromatic nitrogens is 5. The van der Waals surface area contributed by atoms with Crippen molar-refractivity contribution in [1.29, 1.82) is 0 Å². The van der Waals surface area contributed by atoms with E-state index in [-0.39, 0.29) is 12.2 Å². The van der Waals surface area contributed by atoms with Crippen LogP contribution in [-0.2, 0) is 11.3 Å². The van der Waals surface area contributed by atoms with Gasteiger partial charge in [-0.1, -0.05) is 0 Å². The van der Waals surface area contributed by atoms with Crippen LogP contribution in [0.15, 0.2) is 24.7 Å². The van der Waals surface area contributed by atoms with Gasteiger partial charge >= 0.3 is 6.18 Å². The predicted molar refractivity (Wildman–Crippen MR) is 85.4 cm³/mol. The minimum Gasteiger partial charge on any atom is -0.463 e. The Bertz CT molecular complexity index is 944. The topological polar surface area (TPSA) is 74.4 Å². The van der Waals surface area contributed by atoms with E-state index in [9.17, 15) is 17.6 Å². The molecule has 144 valence electrons. The van der Waals surface area contributed by atoms with Crippen LogP contribution >= 0.6 is 0 Å². The van der Waals surface area contributed by atoms with Crippen molar-refractivity contribution in [2.75, 3.05) is 6.61 Å². The number of hydrogen-bond donors (Lipinski definition) is 0. The first-order valence-corrected chi connectivity index (χ1v) is 7.96. The predicted octanol–water partition coefficient (Wildman–Crippen LogP) is 3.19. The minimum atomic E-state index is -4.62. The quantitative estimate of drug-likeness (QED) is 0.607. The fourth-order valence-electron chi connectivity index (χ4n) is 2.18. The van der Waals surface area contributed by atoms with Gasteiger partial charge in [-0.3, -0.25) is 9.38 Å². The van der Waals surface area contributed by atoms with E-state index in [1.807, 2.05) is 6.92 Å². The first-order chi connectivity index (χ1) is 12.8. The van der Waals surface area contributed by atoms with Crippen LogP contribution in [0.2, 0.25) is 0 Å². The van der Waals surface area contributed by atoms with Crippen LogP contribution in [0.4, 0.5) is 17.6 Å². The molecule has 0 aliphatic rings. The maximum absolute atomic E-state index is 14.1. The molecular weight excluding hydrogens is 370 g/mol. The average molecular weight is 385 g/mol. The van der Waals surface area contributed by atoms with Gasteiger partial charge < -0.3 is 9.47 Å². The van der Waals surface area contributed by atoms with Gasteiger partial charge in [0, 0.05) is 24.6 Å². The minimum absolute atomic E-state index is 0.232. The smallest absolute Gasteiger partial charge is 0.425 e. The number of rotatable bonds is 6. The number of ether oxygens (including phenoxy) is 2. The third-order valence-corrected chi connectivity index (χ3v) is 3.65. The van der Waals surface area contributed by atoms with E-state index in [1.165, 1.54) is 12.4 Å². The number of fused-ring (bicyclic) bond motifs is 1. The van der Waals surface area contributed by atoms with E-state index < -0.39 is 24.0 Å². The zero-order valence-electron chi connectivity index (χ0n) is 14.4. The van der Waals surface area contributed by atoms with E-state index in [0.717, 1.165) is 13.0 Å². The van der Waals surface area contributed by atoms with E-state index in [1.54, 1.807) is 10.6 Å². The van der Waals surface area contributed by atoms with Crippen molar-refractivity contribution < 1.29 is 27.0 Å². The second-order valence-corrected chi connectivity index (χ2v) is 5.57. The fourth-order valence-corrected chi connectivity index (χ4v) is 2.18. The van der Waals surface area contributed by atoms with Crippen LogP contribution in [0.1, 0.15) is 19.7 Å². The first-order valence-electron chi connectivity index (χ1n) is 7.96. The van der Waals surface area contributed by atoms with E-state index in [0.29, 0.717) is 23.8 Å². The molecule has 7 nitrogen and oxygen atoms in total. The number of pyridine rings is 1. The summed E-state index contributed by atoms with van der Waals surface area (Å²) in [6.45, 7) is 3.35. The van der Waals surface area contributed by atoms with Crippen LogP contribution in [-0.4, -0.2) is 43.5 Å². The standard InChI is InChI=1S/C16H15F4N5O2/c1-3-26-8-14-24-23-13-6-21-12(7-25(13)14)10-4-11(17)15(22-5-10)27-9(2)16(18,19)20/h4-7,9H,3,8H2,1-2H3. The lowest BCUT2D eigenvalue weighted by atomic mass is 10.2. The van der Waals surface area contributed by atoms with Gasteiger partial charge in [-0.15, -0.1) is 10.2 Å². The molecule has 11 heteroatoms. The van der Waals surface area contributed by atoms with Crippen molar-refractivity contribution in [3.05, 3.63) is 36.3 Å². The molecule has 1 unspecified atom stereocenters. The average Bonchev–Trinajstić information content (AvgIpc) is 3.03. The summed E-state index contributed by atoms with van der Waals surface area (Å²) in [6.07, 6.45) is -2.62. The summed E-state index contributed by atoms with van der Waals surface area (Å²) in [6, 6.07) is 1.01. The summed E-state index contributed by atoms with van der Waals surface area (Å²) in [5, 5.41) is 7.93. The van der Waals surface area contributed by atoms with Gasteiger partial charge in [0.15, 0.2) is 23.4 Å². The SMILES string of the molecule is CCOCc1nnc2cnc(-c3cnc(OC(C)C(F)(F)F)c(F)c3)cn12. The second kappa shape index (κ2) is 7.43. The molecule has 1 atom stereocenters. The van der Waals surface area contributed by atoms with Gasteiger partial charge in [0.05, 0.1) is 11.9 Å². The number of nitrogens with zero attached hydrogens (tertiary/aromatic N) is 5. The summed E-state index contributed by atoms with van der Waals surface area (Å²) < 4.78 is 63.3. The lowest BCUT2D eigenvalue weighted by molar-refractivity contribution is -0.190. The molecule has 0 spiro atoms. The molecule has 27 heavy (non-hydrogen) atoms. The summed E-state index contributed by atoms with van der Waals surface area (Å²) in [5.41, 5.74) is 1.07. The van der Waals surface area contributed by atoms with Gasteiger partial charge in [0.1, 0.15) is 6.61 Å². The van der Waals surface area contributed by atoms with Crippen LogP contribution < -0.4 is 4.74 Å². The number of hydrogen-bond acceptors (Lipinski definition) is 6. The molecule has 0 bridgehead atoms. The van der Waals surface area contributed by atoms with Crippen LogP contribution in [0, 0.1) is 5.82 Å². The van der Waals surface area contributed by atoms with Crippen molar-refractivity contribution in [3.8, 4) is 17.1 Å². The molecule has 0 saturated heterocycles. The van der Waals surface area contributed by atoms with Crippen LogP contribution in [0.3, 0.4) is 0 Å². The highest BCUT2D eigenvalue weighted by Gasteiger charge is 2.38. The lowest BCUT2D eigenvalue weighted by Crippen LogP contribution is -2.31. The van der Waals surface area contributed by atoms with Crippen molar-refractivity contribution in [1.82, 2.24) is 24.6 Å². The van der Waals surface area contributed by atoms with Crippen molar-refractivity contribution >= 4 is 5.65 Å². The number of alkyl halides is 3. The van der Waals surface area contributed by atoms with Crippen LogP contribution in [0.5, 0.6) is 5.88 Å². The third-order valence-electron chi connectivity index (χ3n) is 3.65. The van der Waals surface area contributed by atoms with Crippen LogP contribution in [0.25, 0.3) is 16.9 Å². The molecule has 3 aromatic heterocycles. The third kappa shape index (κ3) is 4.13. The molecule has 0 saturated carbocycles. The lowest BCUT2D eigenvalue weighted by Gasteiger charge is -2.17. The molecule has 0 aliphatic heterocycles. The zero-order valence-corrected chi connectivity index (χ0v) is 14.4. The Balaban J connectivity index is 1.89. The van der Waals surface area contributed by atoms with Gasteiger partial charge in [-0.25, -0.2) is 9.37 Å². The van der Waals surface area contributed by atoms with E-state index >= 15 is 0 Å². The maximum atomic E-state index is 14.1. The summed E-state index contributed by atoms with van der Waals surface area (Å²) in [7, 11) is 0. The first kappa shape index (κ1) is 19.0. The Morgan fingerprint density at radius 3 is 2.63 bits per heavy atom. The molecule has 0 N–H and O–H groups in total. The number of halogens is 4. The van der Waals surface area contributed by atoms with Crippen molar-refractivity contribution in [2.45, 2.75) is 32.7 Å². The zero-order chi connectivity index (χ0) is 19.6. The highest BCUT2D eigenvalue weighted by atomic mass is 19.4. The van der Waals surface area contributed by atoms with Crippen molar-refractivity contribution in [2.24, 2.45) is 0 Å². The molecular formula is C16H15F4N5O2. The Morgan fingerprint density at radius 1 is 1.19 bits per heavy atom. The van der Waals surface area contributed by atoms with Gasteiger partial charge in [-0.2, -0.15) is 13.2 Å². The second-order valence-electron chi connectivity index (χ2n) is 5.57. The Hall–Kier alpha value is -2.82. The normalized spacial score (nSPS) is 13.1. The Labute approximate surface area is 151 Å². The Kier molecular flexibility index (Phi) is 5.22. The molecule has 0 aromatic carbocycles. The van der Waals surface area contributed by atoms with Gasteiger partial charge in [0.25, 0.3) is 5.88 Å². The highest BCUT2D eigenvalue weighted by molar-refractivity contribution is 5.59. The molecule has 0 amide bonds. The maximum Gasteiger partial charge on any atom is 0.425 e. The molecule has 0 fully saturated rings. The summed E-state index contributed by atoms with van der Waals surface area (Å²) in [5.74, 6) is -1.22. The molecule has 3 rings (SSSR count). The highest BCUT2D eigenvalue weighted by Crippen LogP contribution is 2.27. The van der Waals surface area contributed by atoms with E-state index in [2.05, 4.69) is 24.9 Å². The largest absolute Gasteiger partial charge is 0.463 e. The summed E-state index contributed by atoms with van der Waals surface area (Å²) in [4.78, 5) is 7.80. The molecule has 3 heterocycles. The van der Waals surface area contributed by atoms with Gasteiger partial charge in [0.2, 0.25) is 0 Å². The monoisotopic (exact) mass is 385 g/mol. The van der Waals surface area contributed by atoms with E-state index in [4.69, 9.17) is 4.74 Å². The molecule has 3 aromatic rings. The van der Waals surface area contributed by atoms with Crippen molar-refractivity contribution in [3.63, 3.8) is 0 Å². The molecule has 0 aliphatic carbocycles. The summed E-state index contributed by atoms with van der Waals surface area (Å²) >= 11 is 0.